The number of nitrogens with zero attached hydrogens (tertiary/aromatic N) is 1. The van der Waals surface area contributed by atoms with E-state index in [1.165, 1.54) is 0 Å². The second-order valence-corrected chi connectivity index (χ2v) is 3.65. The summed E-state index contributed by atoms with van der Waals surface area (Å²) >= 11 is 0. The molecule has 0 spiro atoms. The van der Waals surface area contributed by atoms with Gasteiger partial charge in [0.15, 0.2) is 0 Å². The van der Waals surface area contributed by atoms with Gasteiger partial charge in [0.25, 0.3) is 5.91 Å². The Morgan fingerprint density at radius 3 is 2.74 bits per heavy atom. The lowest BCUT2D eigenvalue weighted by Crippen LogP contribution is -2.38. The molecule has 0 atom stereocenters. The molecule has 1 aromatic rings. The Morgan fingerprint density at radius 2 is 2.11 bits per heavy atom. The van der Waals surface area contributed by atoms with Crippen molar-refractivity contribution in [1.29, 1.82) is 0 Å². The first-order valence-corrected chi connectivity index (χ1v) is 5.38. The number of urea groups is 1. The number of amides is 3. The minimum absolute atomic E-state index is 0.224. The normalized spacial score (nSPS) is 10.2. The van der Waals surface area contributed by atoms with E-state index in [4.69, 9.17) is 5.11 Å². The lowest BCUT2D eigenvalue weighted by Gasteiger charge is -2.07. The van der Waals surface area contributed by atoms with Crippen LogP contribution in [0.1, 0.15) is 11.1 Å². The molecular formula is C12H13N3O4. The number of hydrogen-bond acceptors (Lipinski definition) is 4. The van der Waals surface area contributed by atoms with Gasteiger partial charge in [0, 0.05) is 31.1 Å². The van der Waals surface area contributed by atoms with Crippen molar-refractivity contribution in [3.8, 4) is 0 Å². The molecule has 0 bridgehead atoms. The van der Waals surface area contributed by atoms with E-state index >= 15 is 0 Å². The Hall–Kier alpha value is -2.70. The van der Waals surface area contributed by atoms with Crippen LogP contribution in [0.5, 0.6) is 0 Å². The van der Waals surface area contributed by atoms with Gasteiger partial charge in [-0.2, -0.15) is 0 Å². The van der Waals surface area contributed by atoms with Crippen molar-refractivity contribution in [2.24, 2.45) is 0 Å². The predicted molar refractivity (Wildman–Crippen MR) is 66.1 cm³/mol. The van der Waals surface area contributed by atoms with Gasteiger partial charge in [-0.1, -0.05) is 0 Å². The standard InChI is InChI=1S/C12H13N3O4/c1-8-4-5-13-6-9(8)7-14-12(19)15-10(16)2-3-11(17)18/h2-6H,7H2,1H3,(H,17,18)(H2,14,15,16,19)/b3-2+. The third kappa shape index (κ3) is 5.44. The molecule has 0 aliphatic rings. The predicted octanol–water partition coefficient (Wildman–Crippen LogP) is 0.357. The van der Waals surface area contributed by atoms with Crippen molar-refractivity contribution in [3.63, 3.8) is 0 Å². The number of imide groups is 1. The average molecular weight is 263 g/mol. The highest BCUT2D eigenvalue weighted by atomic mass is 16.4. The summed E-state index contributed by atoms with van der Waals surface area (Å²) in [7, 11) is 0. The minimum Gasteiger partial charge on any atom is -0.478 e. The Balaban J connectivity index is 2.42. The lowest BCUT2D eigenvalue weighted by atomic mass is 10.2. The number of aromatic nitrogens is 1. The van der Waals surface area contributed by atoms with Gasteiger partial charge < -0.3 is 10.4 Å². The van der Waals surface area contributed by atoms with Crippen LogP contribution < -0.4 is 10.6 Å². The summed E-state index contributed by atoms with van der Waals surface area (Å²) in [5.41, 5.74) is 1.79. The van der Waals surface area contributed by atoms with Gasteiger partial charge in [0.1, 0.15) is 0 Å². The van der Waals surface area contributed by atoms with Crippen LogP contribution in [0.15, 0.2) is 30.6 Å². The number of carboxylic acid groups (broad SMARTS) is 1. The minimum atomic E-state index is -1.26. The monoisotopic (exact) mass is 263 g/mol. The Labute approximate surface area is 109 Å². The number of hydrogen-bond donors (Lipinski definition) is 3. The second kappa shape index (κ2) is 6.90. The third-order valence-corrected chi connectivity index (χ3v) is 2.20. The Kier molecular flexibility index (Phi) is 5.21. The summed E-state index contributed by atoms with van der Waals surface area (Å²) in [6.45, 7) is 2.10. The van der Waals surface area contributed by atoms with Crippen LogP contribution in [-0.2, 0) is 16.1 Å². The highest BCUT2D eigenvalue weighted by Crippen LogP contribution is 2.03. The summed E-state index contributed by atoms with van der Waals surface area (Å²) in [4.78, 5) is 36.5. The molecule has 3 amide bonds. The summed E-state index contributed by atoms with van der Waals surface area (Å²) in [5, 5.41) is 12.7. The number of carbonyl (C=O) groups is 3. The molecule has 1 rings (SSSR count). The van der Waals surface area contributed by atoms with E-state index < -0.39 is 17.9 Å². The third-order valence-electron chi connectivity index (χ3n) is 2.20. The molecule has 7 nitrogen and oxygen atoms in total. The molecule has 1 aromatic heterocycles. The maximum atomic E-state index is 11.3. The van der Waals surface area contributed by atoms with E-state index in [0.717, 1.165) is 17.2 Å². The summed E-state index contributed by atoms with van der Waals surface area (Å²) in [6.07, 6.45) is 4.66. The molecular weight excluding hydrogens is 250 g/mol. The molecule has 0 aliphatic heterocycles. The highest BCUT2D eigenvalue weighted by molar-refractivity contribution is 6.02. The first-order valence-electron chi connectivity index (χ1n) is 5.38. The van der Waals surface area contributed by atoms with Crippen LogP contribution in [0, 0.1) is 6.92 Å². The molecule has 7 heteroatoms. The Bertz CT molecular complexity index is 525. The van der Waals surface area contributed by atoms with Gasteiger partial charge in [0.2, 0.25) is 0 Å². The van der Waals surface area contributed by atoms with E-state index in [-0.39, 0.29) is 6.54 Å². The van der Waals surface area contributed by atoms with Crippen molar-refractivity contribution in [2.45, 2.75) is 13.5 Å². The fourth-order valence-corrected chi connectivity index (χ4v) is 1.20. The molecule has 0 saturated heterocycles. The lowest BCUT2D eigenvalue weighted by molar-refractivity contribution is -0.131. The molecule has 19 heavy (non-hydrogen) atoms. The van der Waals surface area contributed by atoms with E-state index in [1.54, 1.807) is 18.5 Å². The smallest absolute Gasteiger partial charge is 0.328 e. The molecule has 0 saturated carbocycles. The van der Waals surface area contributed by atoms with Gasteiger partial charge in [0.05, 0.1) is 0 Å². The van der Waals surface area contributed by atoms with Gasteiger partial charge in [-0.15, -0.1) is 0 Å². The number of aryl methyl sites for hydroxylation is 1. The van der Waals surface area contributed by atoms with Crippen molar-refractivity contribution in [1.82, 2.24) is 15.6 Å². The number of rotatable bonds is 4. The molecule has 0 unspecified atom stereocenters. The zero-order valence-corrected chi connectivity index (χ0v) is 10.2. The zero-order chi connectivity index (χ0) is 14.3. The molecule has 0 radical (unpaired) electrons. The van der Waals surface area contributed by atoms with E-state index in [1.807, 2.05) is 12.2 Å². The summed E-state index contributed by atoms with van der Waals surface area (Å²) < 4.78 is 0. The molecule has 0 aromatic carbocycles. The molecule has 1 heterocycles. The van der Waals surface area contributed by atoms with Gasteiger partial charge in [-0.25, -0.2) is 9.59 Å². The van der Waals surface area contributed by atoms with Crippen molar-refractivity contribution < 1.29 is 19.5 Å². The fourth-order valence-electron chi connectivity index (χ4n) is 1.20. The first-order chi connectivity index (χ1) is 8.99. The number of carboxylic acids is 1. The van der Waals surface area contributed by atoms with Crippen molar-refractivity contribution >= 4 is 17.9 Å². The maximum Gasteiger partial charge on any atom is 0.328 e. The van der Waals surface area contributed by atoms with Crippen LogP contribution in [-0.4, -0.2) is 28.0 Å². The van der Waals surface area contributed by atoms with Gasteiger partial charge in [-0.05, 0) is 24.1 Å². The fraction of sp³-hybridized carbons (Fsp3) is 0.167. The highest BCUT2D eigenvalue weighted by Gasteiger charge is 2.05. The molecule has 0 fully saturated rings. The van der Waals surface area contributed by atoms with E-state index in [2.05, 4.69) is 10.3 Å². The molecule has 3 N–H and O–H groups in total. The van der Waals surface area contributed by atoms with E-state index in [9.17, 15) is 14.4 Å². The number of carbonyl (C=O) groups excluding carboxylic acids is 2. The van der Waals surface area contributed by atoms with E-state index in [0.29, 0.717) is 6.08 Å². The quantitative estimate of drug-likeness (QED) is 0.679. The molecule has 100 valence electrons. The van der Waals surface area contributed by atoms with Crippen LogP contribution in [0.3, 0.4) is 0 Å². The number of aliphatic carboxylic acids is 1. The van der Waals surface area contributed by atoms with Crippen LogP contribution >= 0.6 is 0 Å². The second-order valence-electron chi connectivity index (χ2n) is 3.65. The van der Waals surface area contributed by atoms with Gasteiger partial charge in [-0.3, -0.25) is 15.1 Å². The van der Waals surface area contributed by atoms with Crippen molar-refractivity contribution in [2.75, 3.05) is 0 Å². The number of pyridine rings is 1. The maximum absolute atomic E-state index is 11.3. The summed E-state index contributed by atoms with van der Waals surface area (Å²) in [6, 6.07) is 1.10. The first kappa shape index (κ1) is 14.4. The largest absolute Gasteiger partial charge is 0.478 e. The van der Waals surface area contributed by atoms with Crippen LogP contribution in [0.4, 0.5) is 4.79 Å². The topological polar surface area (TPSA) is 108 Å². The zero-order valence-electron chi connectivity index (χ0n) is 10.2. The van der Waals surface area contributed by atoms with Crippen LogP contribution in [0.2, 0.25) is 0 Å². The average Bonchev–Trinajstić information content (AvgIpc) is 2.35. The summed E-state index contributed by atoms with van der Waals surface area (Å²) in [5.74, 6) is -2.07. The SMILES string of the molecule is Cc1ccncc1CNC(=O)NC(=O)/C=C/C(=O)O. The van der Waals surface area contributed by atoms with Gasteiger partial charge >= 0.3 is 12.0 Å². The van der Waals surface area contributed by atoms with Crippen molar-refractivity contribution in [3.05, 3.63) is 41.7 Å². The Morgan fingerprint density at radius 1 is 1.37 bits per heavy atom. The molecule has 0 aliphatic carbocycles. The van der Waals surface area contributed by atoms with Crippen LogP contribution in [0.25, 0.3) is 0 Å². The number of nitrogens with one attached hydrogen (secondary N) is 2.